The SMILES string of the molecule is CC1=C(C(=O)OCc2ccccc2)C(c2cccs2)N2C(CC(=O)NC(C)c3ccccc3)=CSC2=N1. The number of amidine groups is 1. The summed E-state index contributed by atoms with van der Waals surface area (Å²) >= 11 is 3.04. The zero-order valence-corrected chi connectivity index (χ0v) is 22.2. The molecule has 1 N–H and O–H groups in total. The lowest BCUT2D eigenvalue weighted by Crippen LogP contribution is -2.38. The molecule has 188 valence electrons. The number of amides is 1. The number of carbonyl (C=O) groups excluding carboxylic acids is 2. The highest BCUT2D eigenvalue weighted by Gasteiger charge is 2.41. The number of thiophene rings is 1. The van der Waals surface area contributed by atoms with E-state index < -0.39 is 12.0 Å². The number of nitrogens with one attached hydrogen (secondary N) is 1. The van der Waals surface area contributed by atoms with E-state index in [0.29, 0.717) is 11.3 Å². The normalized spacial score (nSPS) is 17.6. The number of rotatable bonds is 8. The standard InChI is InChI=1S/C29H27N3O3S2/c1-19(22-12-7-4-8-13-22)30-25(33)16-23-18-37-29-31-20(2)26(27(32(23)29)24-14-9-15-36-24)28(34)35-17-21-10-5-3-6-11-21/h3-15,18-19,27H,16-17H2,1-2H3,(H,30,33). The molecule has 0 fully saturated rings. The van der Waals surface area contributed by atoms with Crippen molar-refractivity contribution in [2.24, 2.45) is 4.99 Å². The fourth-order valence-corrected chi connectivity index (χ4v) is 6.22. The van der Waals surface area contributed by atoms with E-state index in [9.17, 15) is 9.59 Å². The molecule has 0 spiro atoms. The van der Waals surface area contributed by atoms with Crippen LogP contribution in [0.3, 0.4) is 0 Å². The van der Waals surface area contributed by atoms with Crippen LogP contribution < -0.4 is 5.32 Å². The van der Waals surface area contributed by atoms with Gasteiger partial charge in [-0.3, -0.25) is 4.79 Å². The maximum atomic E-state index is 13.4. The molecule has 8 heteroatoms. The fourth-order valence-electron chi connectivity index (χ4n) is 4.43. The Morgan fingerprint density at radius 2 is 1.78 bits per heavy atom. The van der Waals surface area contributed by atoms with Crippen LogP contribution in [0.2, 0.25) is 0 Å². The molecule has 2 aliphatic rings. The summed E-state index contributed by atoms with van der Waals surface area (Å²) in [6.07, 6.45) is 0.177. The molecule has 0 saturated carbocycles. The molecule has 3 heterocycles. The number of fused-ring (bicyclic) bond motifs is 1. The Morgan fingerprint density at radius 3 is 2.49 bits per heavy atom. The van der Waals surface area contributed by atoms with Crippen molar-refractivity contribution in [3.63, 3.8) is 0 Å². The van der Waals surface area contributed by atoms with Crippen molar-refractivity contribution in [1.82, 2.24) is 10.2 Å². The zero-order valence-electron chi connectivity index (χ0n) is 20.6. The van der Waals surface area contributed by atoms with Crippen LogP contribution >= 0.6 is 23.1 Å². The molecule has 6 nitrogen and oxygen atoms in total. The minimum atomic E-state index is -0.406. The van der Waals surface area contributed by atoms with Gasteiger partial charge in [0, 0.05) is 10.6 Å². The summed E-state index contributed by atoms with van der Waals surface area (Å²) in [5, 5.41) is 7.80. The Kier molecular flexibility index (Phi) is 7.58. The molecule has 0 bridgehead atoms. The lowest BCUT2D eigenvalue weighted by molar-refractivity contribution is -0.141. The molecule has 37 heavy (non-hydrogen) atoms. The molecule has 2 aliphatic heterocycles. The summed E-state index contributed by atoms with van der Waals surface area (Å²) < 4.78 is 5.74. The molecule has 2 aromatic carbocycles. The van der Waals surface area contributed by atoms with Gasteiger partial charge in [-0.2, -0.15) is 0 Å². The van der Waals surface area contributed by atoms with Crippen molar-refractivity contribution in [3.05, 3.63) is 117 Å². The second-order valence-corrected chi connectivity index (χ2v) is 10.7. The van der Waals surface area contributed by atoms with Crippen LogP contribution in [0.15, 0.2) is 106 Å². The first-order chi connectivity index (χ1) is 18.0. The van der Waals surface area contributed by atoms with Crippen LogP contribution in [-0.2, 0) is 20.9 Å². The summed E-state index contributed by atoms with van der Waals surface area (Å²) in [4.78, 5) is 34.2. The molecule has 0 saturated heterocycles. The Labute approximate surface area is 224 Å². The van der Waals surface area contributed by atoms with Gasteiger partial charge in [0.2, 0.25) is 5.91 Å². The van der Waals surface area contributed by atoms with E-state index in [1.54, 1.807) is 11.3 Å². The third-order valence-corrected chi connectivity index (χ3v) is 8.08. The van der Waals surface area contributed by atoms with E-state index in [-0.39, 0.29) is 25.0 Å². The van der Waals surface area contributed by atoms with Crippen LogP contribution in [0.5, 0.6) is 0 Å². The summed E-state index contributed by atoms with van der Waals surface area (Å²) in [7, 11) is 0. The fraction of sp³-hybridized carbons (Fsp3) is 0.207. The number of thioether (sulfide) groups is 1. The van der Waals surface area contributed by atoms with Gasteiger partial charge >= 0.3 is 5.97 Å². The zero-order chi connectivity index (χ0) is 25.8. The number of esters is 1. The molecule has 0 radical (unpaired) electrons. The van der Waals surface area contributed by atoms with Crippen molar-refractivity contribution in [3.8, 4) is 0 Å². The minimum Gasteiger partial charge on any atom is -0.457 e. The van der Waals surface area contributed by atoms with Crippen LogP contribution in [0.1, 0.15) is 48.4 Å². The van der Waals surface area contributed by atoms with E-state index in [0.717, 1.165) is 26.9 Å². The van der Waals surface area contributed by atoms with Crippen LogP contribution in [0, 0.1) is 0 Å². The quantitative estimate of drug-likeness (QED) is 0.345. The van der Waals surface area contributed by atoms with E-state index in [2.05, 4.69) is 5.32 Å². The third-order valence-electron chi connectivity index (χ3n) is 6.26. The molecular formula is C29H27N3O3S2. The Hall–Kier alpha value is -3.62. The first kappa shape index (κ1) is 25.0. The molecule has 1 aromatic heterocycles. The summed E-state index contributed by atoms with van der Waals surface area (Å²) in [6.45, 7) is 4.00. The summed E-state index contributed by atoms with van der Waals surface area (Å²) in [5.74, 6) is -0.491. The van der Waals surface area contributed by atoms with Gasteiger partial charge in [0.05, 0.1) is 23.7 Å². The third kappa shape index (κ3) is 5.55. The summed E-state index contributed by atoms with van der Waals surface area (Å²) in [5.41, 5.74) is 3.90. The molecule has 0 aliphatic carbocycles. The van der Waals surface area contributed by atoms with Crippen LogP contribution in [0.25, 0.3) is 0 Å². The van der Waals surface area contributed by atoms with E-state index in [1.807, 2.05) is 102 Å². The van der Waals surface area contributed by atoms with E-state index in [1.165, 1.54) is 11.8 Å². The van der Waals surface area contributed by atoms with Gasteiger partial charge in [0.25, 0.3) is 0 Å². The molecule has 2 unspecified atom stereocenters. The first-order valence-electron chi connectivity index (χ1n) is 12.0. The van der Waals surface area contributed by atoms with Gasteiger partial charge in [-0.1, -0.05) is 78.5 Å². The maximum absolute atomic E-state index is 13.4. The van der Waals surface area contributed by atoms with Gasteiger partial charge in [-0.05, 0) is 41.8 Å². The number of hydrogen-bond acceptors (Lipinski definition) is 7. The smallest absolute Gasteiger partial charge is 0.338 e. The highest BCUT2D eigenvalue weighted by molar-refractivity contribution is 8.16. The molecule has 5 rings (SSSR count). The van der Waals surface area contributed by atoms with Crippen LogP contribution in [0.4, 0.5) is 0 Å². The number of aliphatic imine (C=N–C) groups is 1. The Morgan fingerprint density at radius 1 is 1.05 bits per heavy atom. The second kappa shape index (κ2) is 11.2. The van der Waals surface area contributed by atoms with Gasteiger partial charge in [-0.25, -0.2) is 9.79 Å². The van der Waals surface area contributed by atoms with Crippen molar-refractivity contribution in [1.29, 1.82) is 0 Å². The average Bonchev–Trinajstić information content (AvgIpc) is 3.58. The van der Waals surface area contributed by atoms with Crippen molar-refractivity contribution >= 4 is 40.1 Å². The number of hydrogen-bond donors (Lipinski definition) is 1. The van der Waals surface area contributed by atoms with Gasteiger partial charge in [-0.15, -0.1) is 11.3 Å². The van der Waals surface area contributed by atoms with Gasteiger partial charge in [0.15, 0.2) is 5.17 Å². The molecular weight excluding hydrogens is 502 g/mol. The van der Waals surface area contributed by atoms with Crippen LogP contribution in [-0.4, -0.2) is 21.9 Å². The summed E-state index contributed by atoms with van der Waals surface area (Å²) in [6, 6.07) is 22.9. The second-order valence-electron chi connectivity index (χ2n) is 8.85. The maximum Gasteiger partial charge on any atom is 0.338 e. The molecule has 2 atom stereocenters. The highest BCUT2D eigenvalue weighted by Crippen LogP contribution is 2.46. The molecule has 3 aromatic rings. The van der Waals surface area contributed by atoms with Crippen molar-refractivity contribution < 1.29 is 14.3 Å². The lowest BCUT2D eigenvalue weighted by atomic mass is 9.99. The molecule has 1 amide bonds. The number of ether oxygens (including phenoxy) is 1. The average molecular weight is 530 g/mol. The predicted octanol–water partition coefficient (Wildman–Crippen LogP) is 6.33. The van der Waals surface area contributed by atoms with Crippen molar-refractivity contribution in [2.75, 3.05) is 0 Å². The van der Waals surface area contributed by atoms with E-state index >= 15 is 0 Å². The monoisotopic (exact) mass is 529 g/mol. The number of allylic oxidation sites excluding steroid dienone is 1. The van der Waals surface area contributed by atoms with Gasteiger partial charge in [0.1, 0.15) is 12.6 Å². The Bertz CT molecular complexity index is 1370. The predicted molar refractivity (Wildman–Crippen MR) is 149 cm³/mol. The largest absolute Gasteiger partial charge is 0.457 e. The number of carbonyl (C=O) groups is 2. The first-order valence-corrected chi connectivity index (χ1v) is 13.8. The van der Waals surface area contributed by atoms with E-state index in [4.69, 9.17) is 9.73 Å². The number of benzene rings is 2. The highest BCUT2D eigenvalue weighted by atomic mass is 32.2. The van der Waals surface area contributed by atoms with Crippen molar-refractivity contribution in [2.45, 2.75) is 39.0 Å². The van der Waals surface area contributed by atoms with Gasteiger partial charge < -0.3 is 15.0 Å². The number of nitrogens with zero attached hydrogens (tertiary/aromatic N) is 2. The lowest BCUT2D eigenvalue weighted by Gasteiger charge is -2.35. The minimum absolute atomic E-state index is 0.0890. The Balaban J connectivity index is 1.37. The topological polar surface area (TPSA) is 71.0 Å².